The largest absolute Gasteiger partial charge is 0.349 e. The molecule has 1 N–H and O–H groups in total. The molecule has 2 heterocycles. The molecular formula is C23H24N2O2. The fraction of sp³-hybridized carbons (Fsp3) is 0.304. The van der Waals surface area contributed by atoms with Crippen molar-refractivity contribution in [1.29, 1.82) is 0 Å². The van der Waals surface area contributed by atoms with E-state index in [1.165, 1.54) is 11.1 Å². The molecule has 1 atom stereocenters. The van der Waals surface area contributed by atoms with Gasteiger partial charge >= 0.3 is 0 Å². The quantitative estimate of drug-likeness (QED) is 0.754. The van der Waals surface area contributed by atoms with Crippen molar-refractivity contribution < 1.29 is 4.79 Å². The van der Waals surface area contributed by atoms with Crippen LogP contribution in [0.1, 0.15) is 41.3 Å². The molecule has 0 bridgehead atoms. The summed E-state index contributed by atoms with van der Waals surface area (Å²) in [5, 5.41) is 3.65. The fourth-order valence-electron chi connectivity index (χ4n) is 3.92. The molecule has 0 aliphatic carbocycles. The van der Waals surface area contributed by atoms with Crippen molar-refractivity contribution in [3.63, 3.8) is 0 Å². The molecule has 0 saturated heterocycles. The average Bonchev–Trinajstić information content (AvgIpc) is 2.70. The SMILES string of the molecule is C[C@@H](CCc1ccccc1)NC(=O)c1cn2c3c(cccc3c1=O)CCC2. The lowest BCUT2D eigenvalue weighted by Crippen LogP contribution is -2.36. The van der Waals surface area contributed by atoms with Crippen LogP contribution in [-0.2, 0) is 19.4 Å². The third-order valence-corrected chi connectivity index (χ3v) is 5.36. The number of rotatable bonds is 5. The van der Waals surface area contributed by atoms with Crippen molar-refractivity contribution in [1.82, 2.24) is 9.88 Å². The van der Waals surface area contributed by atoms with Crippen LogP contribution in [-0.4, -0.2) is 16.5 Å². The number of amides is 1. The highest BCUT2D eigenvalue weighted by Gasteiger charge is 2.20. The van der Waals surface area contributed by atoms with Gasteiger partial charge in [-0.25, -0.2) is 0 Å². The van der Waals surface area contributed by atoms with Gasteiger partial charge < -0.3 is 9.88 Å². The van der Waals surface area contributed by atoms with Crippen LogP contribution in [0, 0.1) is 0 Å². The molecule has 1 amide bonds. The summed E-state index contributed by atoms with van der Waals surface area (Å²) in [6, 6.07) is 16.0. The number of para-hydroxylation sites is 1. The maximum absolute atomic E-state index is 12.9. The Balaban J connectivity index is 1.54. The number of hydrogen-bond donors (Lipinski definition) is 1. The van der Waals surface area contributed by atoms with Crippen LogP contribution < -0.4 is 10.7 Å². The number of hydrogen-bond acceptors (Lipinski definition) is 2. The zero-order valence-electron chi connectivity index (χ0n) is 15.6. The Bertz CT molecular complexity index is 1040. The van der Waals surface area contributed by atoms with Crippen molar-refractivity contribution in [2.45, 2.75) is 45.2 Å². The van der Waals surface area contributed by atoms with Gasteiger partial charge in [-0.1, -0.05) is 42.5 Å². The van der Waals surface area contributed by atoms with Gasteiger partial charge in [-0.15, -0.1) is 0 Å². The summed E-state index contributed by atoms with van der Waals surface area (Å²) in [6.45, 7) is 2.83. The number of aromatic nitrogens is 1. The number of aryl methyl sites for hydroxylation is 3. The summed E-state index contributed by atoms with van der Waals surface area (Å²) in [7, 11) is 0. The van der Waals surface area contributed by atoms with Crippen LogP contribution in [0.4, 0.5) is 0 Å². The molecule has 1 aliphatic heterocycles. The van der Waals surface area contributed by atoms with Crippen molar-refractivity contribution in [3.05, 3.63) is 81.6 Å². The molecule has 0 fully saturated rings. The third kappa shape index (κ3) is 3.52. The van der Waals surface area contributed by atoms with E-state index >= 15 is 0 Å². The van der Waals surface area contributed by atoms with Crippen LogP contribution in [0.25, 0.3) is 10.9 Å². The number of nitrogens with zero attached hydrogens (tertiary/aromatic N) is 1. The predicted octanol–water partition coefficient (Wildman–Crippen LogP) is 3.70. The lowest BCUT2D eigenvalue weighted by Gasteiger charge is -2.21. The van der Waals surface area contributed by atoms with Crippen LogP contribution in [0.3, 0.4) is 0 Å². The number of carbonyl (C=O) groups excluding carboxylic acids is 1. The maximum Gasteiger partial charge on any atom is 0.256 e. The lowest BCUT2D eigenvalue weighted by molar-refractivity contribution is 0.0936. The molecule has 0 saturated carbocycles. The van der Waals surface area contributed by atoms with Crippen LogP contribution in [0.5, 0.6) is 0 Å². The molecular weight excluding hydrogens is 336 g/mol. The Morgan fingerprint density at radius 3 is 2.78 bits per heavy atom. The molecule has 0 radical (unpaired) electrons. The van der Waals surface area contributed by atoms with Crippen LogP contribution in [0.15, 0.2) is 59.5 Å². The van der Waals surface area contributed by atoms with Gasteiger partial charge in [0, 0.05) is 24.2 Å². The second-order valence-corrected chi connectivity index (χ2v) is 7.38. The number of pyridine rings is 1. The third-order valence-electron chi connectivity index (χ3n) is 5.36. The van der Waals surface area contributed by atoms with Gasteiger partial charge in [0.05, 0.1) is 5.52 Å². The van der Waals surface area contributed by atoms with E-state index in [0.29, 0.717) is 5.39 Å². The zero-order valence-corrected chi connectivity index (χ0v) is 15.6. The van der Waals surface area contributed by atoms with Crippen LogP contribution >= 0.6 is 0 Å². The summed E-state index contributed by atoms with van der Waals surface area (Å²) in [5.41, 5.74) is 3.51. The molecule has 27 heavy (non-hydrogen) atoms. The first-order valence-corrected chi connectivity index (χ1v) is 9.63. The first-order chi connectivity index (χ1) is 13.1. The maximum atomic E-state index is 12.9. The summed E-state index contributed by atoms with van der Waals surface area (Å²) in [4.78, 5) is 25.7. The fourth-order valence-corrected chi connectivity index (χ4v) is 3.92. The van der Waals surface area contributed by atoms with Gasteiger partial charge in [-0.2, -0.15) is 0 Å². The lowest BCUT2D eigenvalue weighted by atomic mass is 9.99. The summed E-state index contributed by atoms with van der Waals surface area (Å²) in [6.07, 6.45) is 5.49. The van der Waals surface area contributed by atoms with Gasteiger partial charge in [-0.3, -0.25) is 9.59 Å². The molecule has 1 aromatic heterocycles. The molecule has 0 spiro atoms. The average molecular weight is 360 g/mol. The van der Waals surface area contributed by atoms with Crippen molar-refractivity contribution in [2.24, 2.45) is 0 Å². The van der Waals surface area contributed by atoms with E-state index in [4.69, 9.17) is 0 Å². The van der Waals surface area contributed by atoms with Crippen molar-refractivity contribution >= 4 is 16.8 Å². The van der Waals surface area contributed by atoms with Gasteiger partial charge in [0.25, 0.3) is 5.91 Å². The molecule has 138 valence electrons. The molecule has 4 nitrogen and oxygen atoms in total. The minimum atomic E-state index is -0.276. The smallest absolute Gasteiger partial charge is 0.256 e. The van der Waals surface area contributed by atoms with Gasteiger partial charge in [0.15, 0.2) is 0 Å². The molecule has 4 heteroatoms. The van der Waals surface area contributed by atoms with E-state index < -0.39 is 0 Å². The minimum absolute atomic E-state index is 0.000457. The van der Waals surface area contributed by atoms with Crippen molar-refractivity contribution in [2.75, 3.05) is 0 Å². The second-order valence-electron chi connectivity index (χ2n) is 7.38. The number of benzene rings is 2. The Labute approximate surface area is 158 Å². The topological polar surface area (TPSA) is 51.1 Å². The van der Waals surface area contributed by atoms with E-state index in [0.717, 1.165) is 37.7 Å². The Morgan fingerprint density at radius 1 is 1.15 bits per heavy atom. The predicted molar refractivity (Wildman–Crippen MR) is 108 cm³/mol. The molecule has 4 rings (SSSR count). The Hall–Kier alpha value is -2.88. The highest BCUT2D eigenvalue weighted by atomic mass is 16.2. The normalized spacial score (nSPS) is 14.1. The number of nitrogens with one attached hydrogen (secondary N) is 1. The van der Waals surface area contributed by atoms with E-state index in [2.05, 4.69) is 28.1 Å². The standard InChI is InChI=1S/C23H24N2O2/c1-16(12-13-17-7-3-2-4-8-17)24-23(27)20-15-25-14-6-10-18-9-5-11-19(21(18)25)22(20)26/h2-5,7-9,11,15-16H,6,10,12-14H2,1H3,(H,24,27)/t16-/m0/s1. The molecule has 2 aromatic carbocycles. The van der Waals surface area contributed by atoms with E-state index in [-0.39, 0.29) is 22.9 Å². The molecule has 0 unspecified atom stereocenters. The Kier molecular flexibility index (Phi) is 4.80. The van der Waals surface area contributed by atoms with E-state index in [1.54, 1.807) is 6.20 Å². The molecule has 1 aliphatic rings. The van der Waals surface area contributed by atoms with Gasteiger partial charge in [0.2, 0.25) is 5.43 Å². The highest BCUT2D eigenvalue weighted by molar-refractivity contribution is 5.98. The summed E-state index contributed by atoms with van der Waals surface area (Å²) >= 11 is 0. The minimum Gasteiger partial charge on any atom is -0.349 e. The summed E-state index contributed by atoms with van der Waals surface area (Å²) in [5.74, 6) is -0.276. The first kappa shape index (κ1) is 17.5. The zero-order chi connectivity index (χ0) is 18.8. The molecule has 3 aromatic rings. The second kappa shape index (κ2) is 7.39. The number of carbonyl (C=O) groups is 1. The van der Waals surface area contributed by atoms with E-state index in [9.17, 15) is 9.59 Å². The summed E-state index contributed by atoms with van der Waals surface area (Å²) < 4.78 is 2.07. The van der Waals surface area contributed by atoms with E-state index in [1.807, 2.05) is 37.3 Å². The Morgan fingerprint density at radius 2 is 1.96 bits per heavy atom. The van der Waals surface area contributed by atoms with Gasteiger partial charge in [-0.05, 0) is 49.8 Å². The first-order valence-electron chi connectivity index (χ1n) is 9.63. The van der Waals surface area contributed by atoms with Gasteiger partial charge in [0.1, 0.15) is 5.56 Å². The highest BCUT2D eigenvalue weighted by Crippen LogP contribution is 2.23. The van der Waals surface area contributed by atoms with Crippen molar-refractivity contribution in [3.8, 4) is 0 Å². The monoisotopic (exact) mass is 360 g/mol. The van der Waals surface area contributed by atoms with Crippen LogP contribution in [0.2, 0.25) is 0 Å².